The standard InChI is InChI=1S/C15H8F4N2O2S/c1-23-5-2-3-6-7(4-5)24-15(21-6)9-8(14(20)22)10(16)12(18)13(19)11(9)17/h2-4H,1H3,(H2,20,22). The van der Waals surface area contributed by atoms with E-state index >= 15 is 0 Å². The van der Waals surface area contributed by atoms with Crippen LogP contribution in [0.15, 0.2) is 18.2 Å². The number of carbonyl (C=O) groups is 1. The zero-order chi connectivity index (χ0) is 17.6. The fourth-order valence-electron chi connectivity index (χ4n) is 2.20. The fourth-order valence-corrected chi connectivity index (χ4v) is 3.24. The molecular formula is C15H8F4N2O2S. The Labute approximate surface area is 136 Å². The second-order valence-corrected chi connectivity index (χ2v) is 5.75. The van der Waals surface area contributed by atoms with Crippen LogP contribution in [0, 0.1) is 23.3 Å². The van der Waals surface area contributed by atoms with Gasteiger partial charge in [0.25, 0.3) is 5.91 Å². The lowest BCUT2D eigenvalue weighted by Gasteiger charge is -2.08. The van der Waals surface area contributed by atoms with Crippen LogP contribution in [0.25, 0.3) is 20.8 Å². The average molecular weight is 356 g/mol. The first-order chi connectivity index (χ1) is 11.3. The van der Waals surface area contributed by atoms with Crippen molar-refractivity contribution < 1.29 is 27.1 Å². The highest BCUT2D eigenvalue weighted by Gasteiger charge is 2.30. The largest absolute Gasteiger partial charge is 0.497 e. The third-order valence-corrected chi connectivity index (χ3v) is 4.36. The van der Waals surface area contributed by atoms with Crippen molar-refractivity contribution in [3.63, 3.8) is 0 Å². The Morgan fingerprint density at radius 3 is 2.42 bits per heavy atom. The predicted octanol–water partition coefficient (Wildman–Crippen LogP) is 3.63. The Morgan fingerprint density at radius 2 is 1.79 bits per heavy atom. The number of carbonyl (C=O) groups excluding carboxylic acids is 1. The van der Waals surface area contributed by atoms with Gasteiger partial charge in [-0.3, -0.25) is 4.79 Å². The zero-order valence-corrected chi connectivity index (χ0v) is 12.8. The summed E-state index contributed by atoms with van der Waals surface area (Å²) in [6, 6.07) is 4.71. The highest BCUT2D eigenvalue weighted by atomic mass is 32.1. The number of benzene rings is 2. The quantitative estimate of drug-likeness (QED) is 0.443. The lowest BCUT2D eigenvalue weighted by molar-refractivity contribution is 0.0995. The van der Waals surface area contributed by atoms with Gasteiger partial charge in [-0.15, -0.1) is 11.3 Å². The molecule has 2 N–H and O–H groups in total. The summed E-state index contributed by atoms with van der Waals surface area (Å²) >= 11 is 0.854. The number of hydrogen-bond donors (Lipinski definition) is 1. The van der Waals surface area contributed by atoms with Crippen molar-refractivity contribution >= 4 is 27.5 Å². The van der Waals surface area contributed by atoms with Crippen molar-refractivity contribution in [3.8, 4) is 16.3 Å². The van der Waals surface area contributed by atoms with Crippen LogP contribution in [-0.2, 0) is 0 Å². The van der Waals surface area contributed by atoms with Crippen LogP contribution in [-0.4, -0.2) is 18.0 Å². The summed E-state index contributed by atoms with van der Waals surface area (Å²) in [6.45, 7) is 0. The van der Waals surface area contributed by atoms with Crippen molar-refractivity contribution in [1.29, 1.82) is 0 Å². The van der Waals surface area contributed by atoms with E-state index in [0.29, 0.717) is 16.0 Å². The number of nitrogens with zero attached hydrogens (tertiary/aromatic N) is 1. The maximum Gasteiger partial charge on any atom is 0.252 e. The Morgan fingerprint density at radius 1 is 1.12 bits per heavy atom. The van der Waals surface area contributed by atoms with E-state index in [1.807, 2.05) is 0 Å². The Hall–Kier alpha value is -2.68. The Balaban J connectivity index is 2.35. The Kier molecular flexibility index (Phi) is 3.88. The van der Waals surface area contributed by atoms with Crippen LogP contribution >= 0.6 is 11.3 Å². The molecule has 1 heterocycles. The minimum atomic E-state index is -2.10. The van der Waals surface area contributed by atoms with Crippen LogP contribution in [0.2, 0.25) is 0 Å². The first kappa shape index (κ1) is 16.2. The summed E-state index contributed by atoms with van der Waals surface area (Å²) in [6.07, 6.45) is 0. The number of fused-ring (bicyclic) bond motifs is 1. The topological polar surface area (TPSA) is 65.2 Å². The van der Waals surface area contributed by atoms with Crippen molar-refractivity contribution in [3.05, 3.63) is 47.0 Å². The molecule has 0 saturated heterocycles. The molecule has 0 radical (unpaired) electrons. The minimum absolute atomic E-state index is 0.206. The molecule has 0 unspecified atom stereocenters. The molecule has 24 heavy (non-hydrogen) atoms. The smallest absolute Gasteiger partial charge is 0.252 e. The third kappa shape index (κ3) is 2.37. The summed E-state index contributed by atoms with van der Waals surface area (Å²) in [7, 11) is 1.44. The van der Waals surface area contributed by atoms with E-state index in [1.165, 1.54) is 7.11 Å². The van der Waals surface area contributed by atoms with E-state index in [-0.39, 0.29) is 5.01 Å². The minimum Gasteiger partial charge on any atom is -0.497 e. The number of hydrogen-bond acceptors (Lipinski definition) is 4. The summed E-state index contributed by atoms with van der Waals surface area (Å²) < 4.78 is 60.6. The first-order valence-corrected chi connectivity index (χ1v) is 7.27. The molecule has 0 bridgehead atoms. The molecular weight excluding hydrogens is 348 g/mol. The molecule has 2 aromatic carbocycles. The van der Waals surface area contributed by atoms with Crippen molar-refractivity contribution in [2.75, 3.05) is 7.11 Å². The van der Waals surface area contributed by atoms with Crippen LogP contribution in [0.3, 0.4) is 0 Å². The summed E-state index contributed by atoms with van der Waals surface area (Å²) in [5.74, 6) is -8.67. The first-order valence-electron chi connectivity index (χ1n) is 6.45. The summed E-state index contributed by atoms with van der Waals surface area (Å²) in [5.41, 5.74) is 3.50. The molecule has 9 heteroatoms. The van der Waals surface area contributed by atoms with Crippen LogP contribution in [0.5, 0.6) is 5.75 Å². The number of primary amides is 1. The number of halogens is 4. The summed E-state index contributed by atoms with van der Waals surface area (Å²) in [5, 5.41) is -0.206. The van der Waals surface area contributed by atoms with E-state index < -0.39 is 40.3 Å². The van der Waals surface area contributed by atoms with Crippen LogP contribution < -0.4 is 10.5 Å². The van der Waals surface area contributed by atoms with Gasteiger partial charge in [-0.05, 0) is 18.2 Å². The molecule has 0 aliphatic heterocycles. The number of ether oxygens (including phenoxy) is 1. The third-order valence-electron chi connectivity index (χ3n) is 3.32. The number of amides is 1. The molecule has 3 aromatic rings. The SMILES string of the molecule is COc1ccc2nc(-c3c(F)c(F)c(F)c(F)c3C(N)=O)sc2c1. The van der Waals surface area contributed by atoms with E-state index in [2.05, 4.69) is 4.98 Å². The lowest BCUT2D eigenvalue weighted by Crippen LogP contribution is -2.18. The summed E-state index contributed by atoms with van der Waals surface area (Å²) in [4.78, 5) is 15.5. The molecule has 3 rings (SSSR count). The van der Waals surface area contributed by atoms with Crippen molar-refractivity contribution in [2.24, 2.45) is 5.73 Å². The highest BCUT2D eigenvalue weighted by Crippen LogP contribution is 2.37. The molecule has 124 valence electrons. The molecule has 1 amide bonds. The van der Waals surface area contributed by atoms with Crippen molar-refractivity contribution in [2.45, 2.75) is 0 Å². The van der Waals surface area contributed by atoms with E-state index in [4.69, 9.17) is 10.5 Å². The fraction of sp³-hybridized carbons (Fsp3) is 0.0667. The van der Waals surface area contributed by atoms with Gasteiger partial charge in [-0.25, -0.2) is 22.5 Å². The van der Waals surface area contributed by atoms with Crippen molar-refractivity contribution in [1.82, 2.24) is 4.98 Å². The maximum atomic E-state index is 14.2. The van der Waals surface area contributed by atoms with E-state index in [9.17, 15) is 22.4 Å². The second-order valence-electron chi connectivity index (χ2n) is 4.72. The number of rotatable bonds is 3. The number of thiazole rings is 1. The average Bonchev–Trinajstić information content (AvgIpc) is 2.97. The molecule has 0 spiro atoms. The molecule has 0 aliphatic rings. The number of methoxy groups -OCH3 is 1. The molecule has 1 aromatic heterocycles. The Bertz CT molecular complexity index is 987. The van der Waals surface area contributed by atoms with Gasteiger partial charge in [-0.1, -0.05) is 0 Å². The van der Waals surface area contributed by atoms with Gasteiger partial charge in [-0.2, -0.15) is 0 Å². The van der Waals surface area contributed by atoms with Gasteiger partial charge in [0.05, 0.1) is 28.5 Å². The van der Waals surface area contributed by atoms with Crippen LogP contribution in [0.4, 0.5) is 17.6 Å². The van der Waals surface area contributed by atoms with Gasteiger partial charge >= 0.3 is 0 Å². The van der Waals surface area contributed by atoms with Gasteiger partial charge in [0, 0.05) is 0 Å². The number of aromatic nitrogens is 1. The molecule has 0 aliphatic carbocycles. The second kappa shape index (κ2) is 5.75. The van der Waals surface area contributed by atoms with Gasteiger partial charge in [0.15, 0.2) is 23.3 Å². The van der Waals surface area contributed by atoms with Gasteiger partial charge in [0.1, 0.15) is 10.8 Å². The molecule has 4 nitrogen and oxygen atoms in total. The maximum absolute atomic E-state index is 14.2. The van der Waals surface area contributed by atoms with Gasteiger partial charge in [0.2, 0.25) is 0 Å². The normalized spacial score (nSPS) is 11.0. The lowest BCUT2D eigenvalue weighted by atomic mass is 10.0. The molecule has 0 saturated carbocycles. The van der Waals surface area contributed by atoms with E-state index in [1.54, 1.807) is 18.2 Å². The molecule has 0 fully saturated rings. The highest BCUT2D eigenvalue weighted by molar-refractivity contribution is 7.21. The van der Waals surface area contributed by atoms with Crippen LogP contribution in [0.1, 0.15) is 10.4 Å². The number of nitrogens with two attached hydrogens (primary N) is 1. The van der Waals surface area contributed by atoms with E-state index in [0.717, 1.165) is 11.3 Å². The predicted molar refractivity (Wildman–Crippen MR) is 80.0 cm³/mol. The monoisotopic (exact) mass is 356 g/mol. The van der Waals surface area contributed by atoms with Gasteiger partial charge < -0.3 is 10.5 Å². The zero-order valence-electron chi connectivity index (χ0n) is 12.0. The molecule has 0 atom stereocenters.